The van der Waals surface area contributed by atoms with Crippen molar-refractivity contribution in [1.29, 1.82) is 0 Å². The lowest BCUT2D eigenvalue weighted by Gasteiger charge is -2.36. The first kappa shape index (κ1) is 15.9. The first-order valence-corrected chi connectivity index (χ1v) is 5.48. The van der Waals surface area contributed by atoms with Crippen molar-refractivity contribution in [2.75, 3.05) is 20.3 Å². The van der Waals surface area contributed by atoms with Crippen molar-refractivity contribution in [3.05, 3.63) is 0 Å². The highest BCUT2D eigenvalue weighted by Gasteiger charge is 2.31. The molecule has 6 heteroatoms. The van der Waals surface area contributed by atoms with Gasteiger partial charge in [-0.15, -0.1) is 0 Å². The van der Waals surface area contributed by atoms with Crippen LogP contribution in [0.2, 0.25) is 0 Å². The summed E-state index contributed by atoms with van der Waals surface area (Å²) in [5.74, 6) is -1.41. The van der Waals surface area contributed by atoms with Gasteiger partial charge in [0.05, 0.1) is 6.04 Å². The molecule has 6 nitrogen and oxygen atoms in total. The Balaban J connectivity index is 4.69. The van der Waals surface area contributed by atoms with E-state index in [4.69, 9.17) is 15.6 Å². The molecule has 0 aliphatic carbocycles. The summed E-state index contributed by atoms with van der Waals surface area (Å²) < 4.78 is 4.84. The Kier molecular flexibility index (Phi) is 6.12. The molecule has 3 N–H and O–H groups in total. The number of hydrogen-bond acceptors (Lipinski definition) is 4. The van der Waals surface area contributed by atoms with Gasteiger partial charge in [-0.25, -0.2) is 0 Å². The van der Waals surface area contributed by atoms with Crippen LogP contribution in [0.3, 0.4) is 0 Å². The molecular weight excluding hydrogens is 224 g/mol. The van der Waals surface area contributed by atoms with E-state index in [1.165, 1.54) is 12.0 Å². The smallest absolute Gasteiger partial charge is 0.323 e. The molecule has 0 radical (unpaired) electrons. The molecule has 1 unspecified atom stereocenters. The van der Waals surface area contributed by atoms with Gasteiger partial charge in [0.15, 0.2) is 0 Å². The van der Waals surface area contributed by atoms with E-state index >= 15 is 0 Å². The maximum absolute atomic E-state index is 12.0. The zero-order chi connectivity index (χ0) is 13.6. The average molecular weight is 246 g/mol. The maximum atomic E-state index is 12.0. The number of ether oxygens (including phenoxy) is 1. The van der Waals surface area contributed by atoms with Crippen LogP contribution in [-0.2, 0) is 14.3 Å². The summed E-state index contributed by atoms with van der Waals surface area (Å²) in [6.07, 6.45) is 0.377. The van der Waals surface area contributed by atoms with E-state index in [0.717, 1.165) is 0 Å². The molecule has 0 aromatic carbocycles. The van der Waals surface area contributed by atoms with Crippen LogP contribution in [0.5, 0.6) is 0 Å². The third-order valence-electron chi connectivity index (χ3n) is 2.32. The maximum Gasteiger partial charge on any atom is 0.323 e. The van der Waals surface area contributed by atoms with Crippen LogP contribution in [0.4, 0.5) is 0 Å². The number of carbonyl (C=O) groups excluding carboxylic acids is 1. The van der Waals surface area contributed by atoms with Crippen LogP contribution in [-0.4, -0.2) is 53.7 Å². The fraction of sp³-hybridized carbons (Fsp3) is 0.818. The van der Waals surface area contributed by atoms with E-state index in [9.17, 15) is 9.59 Å². The molecule has 0 aliphatic heterocycles. The summed E-state index contributed by atoms with van der Waals surface area (Å²) in [5, 5.41) is 8.79. The predicted molar refractivity (Wildman–Crippen MR) is 63.6 cm³/mol. The Bertz CT molecular complexity index is 273. The molecule has 100 valence electrons. The quantitative estimate of drug-likeness (QED) is 0.691. The van der Waals surface area contributed by atoms with Gasteiger partial charge < -0.3 is 20.5 Å². The third-order valence-corrected chi connectivity index (χ3v) is 2.32. The molecule has 0 aromatic rings. The average Bonchev–Trinajstić information content (AvgIpc) is 2.19. The number of methoxy groups -OCH3 is 1. The molecule has 0 saturated carbocycles. The fourth-order valence-corrected chi connectivity index (χ4v) is 1.35. The van der Waals surface area contributed by atoms with Gasteiger partial charge in [0.25, 0.3) is 0 Å². The lowest BCUT2D eigenvalue weighted by molar-refractivity contribution is -0.149. The number of rotatable bonds is 6. The van der Waals surface area contributed by atoms with E-state index < -0.39 is 17.6 Å². The van der Waals surface area contributed by atoms with Gasteiger partial charge in [-0.05, 0) is 27.2 Å². The van der Waals surface area contributed by atoms with Crippen LogP contribution in [0.25, 0.3) is 0 Å². The zero-order valence-electron chi connectivity index (χ0n) is 10.9. The molecule has 0 rings (SSSR count). The van der Waals surface area contributed by atoms with Crippen molar-refractivity contribution in [3.8, 4) is 0 Å². The van der Waals surface area contributed by atoms with Crippen LogP contribution in [0, 0.1) is 0 Å². The van der Waals surface area contributed by atoms with Crippen LogP contribution >= 0.6 is 0 Å². The number of aliphatic carboxylic acids is 1. The van der Waals surface area contributed by atoms with E-state index in [-0.39, 0.29) is 12.5 Å². The zero-order valence-corrected chi connectivity index (χ0v) is 10.9. The predicted octanol–water partition coefficient (Wildman–Crippen LogP) is 0.0619. The topological polar surface area (TPSA) is 92.9 Å². The van der Waals surface area contributed by atoms with Crippen LogP contribution in [0.1, 0.15) is 27.2 Å². The van der Waals surface area contributed by atoms with Crippen molar-refractivity contribution in [3.63, 3.8) is 0 Å². The number of hydrogen-bond donors (Lipinski definition) is 2. The van der Waals surface area contributed by atoms with E-state index in [1.54, 1.807) is 20.8 Å². The van der Waals surface area contributed by atoms with Gasteiger partial charge >= 0.3 is 5.97 Å². The number of nitrogens with zero attached hydrogens (tertiary/aromatic N) is 1. The van der Waals surface area contributed by atoms with Gasteiger partial charge in [-0.3, -0.25) is 9.59 Å². The van der Waals surface area contributed by atoms with Gasteiger partial charge in [-0.1, -0.05) is 0 Å². The minimum absolute atomic E-state index is 0.344. The summed E-state index contributed by atoms with van der Waals surface area (Å²) in [5.41, 5.74) is 5.14. The normalized spacial score (nSPS) is 13.2. The Hall–Kier alpha value is -1.14. The number of carboxylic acid groups (broad SMARTS) is 1. The molecule has 0 heterocycles. The summed E-state index contributed by atoms with van der Waals surface area (Å²) >= 11 is 0. The van der Waals surface area contributed by atoms with Gasteiger partial charge in [0, 0.05) is 19.3 Å². The molecule has 0 saturated heterocycles. The first-order valence-electron chi connectivity index (χ1n) is 5.48. The number of carbonyl (C=O) groups is 2. The van der Waals surface area contributed by atoms with Gasteiger partial charge in [-0.2, -0.15) is 0 Å². The molecule has 0 aromatic heterocycles. The van der Waals surface area contributed by atoms with Crippen LogP contribution < -0.4 is 5.73 Å². The molecule has 0 aliphatic rings. The second-order valence-corrected chi connectivity index (χ2v) is 4.88. The van der Waals surface area contributed by atoms with Crippen molar-refractivity contribution in [2.24, 2.45) is 5.73 Å². The van der Waals surface area contributed by atoms with Crippen molar-refractivity contribution < 1.29 is 19.4 Å². The minimum Gasteiger partial charge on any atom is -0.480 e. The molecule has 0 bridgehead atoms. The Morgan fingerprint density at radius 1 is 1.41 bits per heavy atom. The van der Waals surface area contributed by atoms with E-state index in [1.807, 2.05) is 0 Å². The Morgan fingerprint density at radius 2 is 1.94 bits per heavy atom. The SMILES string of the molecule is COCCC(N)C(=O)N(CC(=O)O)C(C)(C)C. The Labute approximate surface area is 102 Å². The van der Waals surface area contributed by atoms with Gasteiger partial charge in [0.1, 0.15) is 6.54 Å². The van der Waals surface area contributed by atoms with E-state index in [2.05, 4.69) is 0 Å². The largest absolute Gasteiger partial charge is 0.480 e. The Morgan fingerprint density at radius 3 is 2.29 bits per heavy atom. The molecular formula is C11H22N2O4. The lowest BCUT2D eigenvalue weighted by atomic mass is 10.0. The summed E-state index contributed by atoms with van der Waals surface area (Å²) in [6, 6.07) is -0.728. The molecule has 1 atom stereocenters. The highest BCUT2D eigenvalue weighted by atomic mass is 16.5. The third kappa shape index (κ3) is 5.65. The van der Waals surface area contributed by atoms with Crippen molar-refractivity contribution in [2.45, 2.75) is 38.8 Å². The number of carboxylic acids is 1. The minimum atomic E-state index is -1.05. The lowest BCUT2D eigenvalue weighted by Crippen LogP contribution is -2.54. The molecule has 0 fully saturated rings. The summed E-state index contributed by atoms with van der Waals surface area (Å²) in [7, 11) is 1.52. The van der Waals surface area contributed by atoms with Crippen molar-refractivity contribution in [1.82, 2.24) is 4.90 Å². The van der Waals surface area contributed by atoms with Crippen molar-refractivity contribution >= 4 is 11.9 Å². The standard InChI is InChI=1S/C11H22N2O4/c1-11(2,3)13(7-9(14)15)10(16)8(12)5-6-17-4/h8H,5-7,12H2,1-4H3,(H,14,15). The number of amides is 1. The second kappa shape index (κ2) is 6.56. The number of nitrogens with two attached hydrogens (primary N) is 1. The second-order valence-electron chi connectivity index (χ2n) is 4.88. The molecule has 17 heavy (non-hydrogen) atoms. The van der Waals surface area contributed by atoms with E-state index in [0.29, 0.717) is 13.0 Å². The summed E-state index contributed by atoms with van der Waals surface area (Å²) in [4.78, 5) is 24.0. The molecule has 0 spiro atoms. The summed E-state index contributed by atoms with van der Waals surface area (Å²) in [6.45, 7) is 5.35. The monoisotopic (exact) mass is 246 g/mol. The highest BCUT2D eigenvalue weighted by molar-refractivity contribution is 5.85. The highest BCUT2D eigenvalue weighted by Crippen LogP contribution is 2.14. The van der Waals surface area contributed by atoms with Crippen LogP contribution in [0.15, 0.2) is 0 Å². The fourth-order valence-electron chi connectivity index (χ4n) is 1.35. The van der Waals surface area contributed by atoms with Gasteiger partial charge in [0.2, 0.25) is 5.91 Å². The molecule has 1 amide bonds. The first-order chi connectivity index (χ1) is 7.70.